The number of nitrogens with one attached hydrogen (secondary N) is 1. The van der Waals surface area contributed by atoms with Crippen molar-refractivity contribution in [2.24, 2.45) is 0 Å². The lowest BCUT2D eigenvalue weighted by atomic mass is 10.0. The van der Waals surface area contributed by atoms with Crippen LogP contribution in [0.15, 0.2) is 48.5 Å². The molecule has 0 radical (unpaired) electrons. The second kappa shape index (κ2) is 8.49. The molecule has 1 aliphatic rings. The molecule has 2 aromatic carbocycles. The summed E-state index contributed by atoms with van der Waals surface area (Å²) in [4.78, 5) is 17.6. The van der Waals surface area contributed by atoms with Crippen molar-refractivity contribution in [2.75, 3.05) is 19.9 Å². The second-order valence-electron chi connectivity index (χ2n) is 7.17. The van der Waals surface area contributed by atoms with E-state index >= 15 is 0 Å². The molecular weight excluding hydrogens is 368 g/mol. The lowest BCUT2D eigenvalue weighted by Gasteiger charge is -2.12. The van der Waals surface area contributed by atoms with Gasteiger partial charge in [-0.1, -0.05) is 18.2 Å². The van der Waals surface area contributed by atoms with E-state index in [1.165, 1.54) is 0 Å². The van der Waals surface area contributed by atoms with Gasteiger partial charge in [0.15, 0.2) is 11.5 Å². The molecule has 0 saturated heterocycles. The fourth-order valence-corrected chi connectivity index (χ4v) is 3.26. The van der Waals surface area contributed by atoms with E-state index in [2.05, 4.69) is 5.32 Å². The second-order valence-corrected chi connectivity index (χ2v) is 7.17. The van der Waals surface area contributed by atoms with Crippen LogP contribution in [0.1, 0.15) is 30.6 Å². The zero-order valence-electron chi connectivity index (χ0n) is 16.6. The van der Waals surface area contributed by atoms with Gasteiger partial charge in [0.05, 0.1) is 22.9 Å². The van der Waals surface area contributed by atoms with Crippen molar-refractivity contribution >= 4 is 16.8 Å². The highest BCUT2D eigenvalue weighted by molar-refractivity contribution is 6.07. The molecule has 0 atom stereocenters. The first-order valence-corrected chi connectivity index (χ1v) is 9.81. The van der Waals surface area contributed by atoms with Crippen molar-refractivity contribution < 1.29 is 19.0 Å². The van der Waals surface area contributed by atoms with Gasteiger partial charge in [0, 0.05) is 24.1 Å². The number of hydrogen-bond donors (Lipinski definition) is 1. The highest BCUT2D eigenvalue weighted by Gasteiger charge is 2.17. The zero-order chi connectivity index (χ0) is 20.2. The maximum atomic E-state index is 12.9. The largest absolute Gasteiger partial charge is 0.454 e. The fourth-order valence-electron chi connectivity index (χ4n) is 3.26. The molecule has 1 amide bonds. The Morgan fingerprint density at radius 3 is 2.83 bits per heavy atom. The van der Waals surface area contributed by atoms with E-state index in [0.29, 0.717) is 24.5 Å². The van der Waals surface area contributed by atoms with Crippen LogP contribution < -0.4 is 14.8 Å². The number of carbonyl (C=O) groups excluding carboxylic acids is 1. The normalized spacial score (nSPS) is 12.5. The van der Waals surface area contributed by atoms with Crippen LogP contribution in [0.25, 0.3) is 22.2 Å². The molecule has 4 rings (SSSR count). The Balaban J connectivity index is 1.60. The Labute approximate surface area is 169 Å². The Morgan fingerprint density at radius 2 is 1.97 bits per heavy atom. The first kappa shape index (κ1) is 19.2. The maximum absolute atomic E-state index is 12.9. The van der Waals surface area contributed by atoms with E-state index in [4.69, 9.17) is 19.2 Å². The Kier molecular flexibility index (Phi) is 5.62. The molecular formula is C23H24N2O4. The van der Waals surface area contributed by atoms with Gasteiger partial charge >= 0.3 is 0 Å². The molecule has 6 heteroatoms. The van der Waals surface area contributed by atoms with Crippen LogP contribution >= 0.6 is 0 Å². The van der Waals surface area contributed by atoms with Crippen LogP contribution in [0, 0.1) is 0 Å². The SMILES string of the molecule is CC(C)OCCCNC(=O)c1cc(-c2ccc3c(c2)OCO3)nc2ccccc12. The van der Waals surface area contributed by atoms with E-state index in [-0.39, 0.29) is 18.8 Å². The van der Waals surface area contributed by atoms with Gasteiger partial charge in [-0.25, -0.2) is 4.98 Å². The number of nitrogens with zero attached hydrogens (tertiary/aromatic N) is 1. The van der Waals surface area contributed by atoms with Crippen LogP contribution in [-0.4, -0.2) is 36.9 Å². The predicted octanol–water partition coefficient (Wildman–Crippen LogP) is 4.18. The van der Waals surface area contributed by atoms with Gasteiger partial charge in [0.2, 0.25) is 6.79 Å². The number of para-hydroxylation sites is 1. The Hall–Kier alpha value is -3.12. The summed E-state index contributed by atoms with van der Waals surface area (Å²) < 4.78 is 16.4. The minimum atomic E-state index is -0.116. The number of pyridine rings is 1. The molecule has 1 N–H and O–H groups in total. The third kappa shape index (κ3) is 4.32. The molecule has 0 fully saturated rings. The maximum Gasteiger partial charge on any atom is 0.252 e. The lowest BCUT2D eigenvalue weighted by Crippen LogP contribution is -2.26. The van der Waals surface area contributed by atoms with Crippen molar-refractivity contribution in [3.63, 3.8) is 0 Å². The molecule has 6 nitrogen and oxygen atoms in total. The number of amides is 1. The van der Waals surface area contributed by atoms with Gasteiger partial charge in [-0.15, -0.1) is 0 Å². The number of carbonyl (C=O) groups is 1. The van der Waals surface area contributed by atoms with Crippen LogP contribution in [-0.2, 0) is 4.74 Å². The van der Waals surface area contributed by atoms with Gasteiger partial charge in [0.25, 0.3) is 5.91 Å². The lowest BCUT2D eigenvalue weighted by molar-refractivity contribution is 0.0757. The number of fused-ring (bicyclic) bond motifs is 2. The van der Waals surface area contributed by atoms with Crippen molar-refractivity contribution in [1.82, 2.24) is 10.3 Å². The zero-order valence-corrected chi connectivity index (χ0v) is 16.6. The molecule has 2 heterocycles. The summed E-state index contributed by atoms with van der Waals surface area (Å²) in [5.41, 5.74) is 2.97. The minimum absolute atomic E-state index is 0.116. The molecule has 0 bridgehead atoms. The molecule has 1 aliphatic heterocycles. The van der Waals surface area contributed by atoms with Crippen LogP contribution in [0.2, 0.25) is 0 Å². The first-order chi connectivity index (χ1) is 14.1. The highest BCUT2D eigenvalue weighted by Crippen LogP contribution is 2.36. The van der Waals surface area contributed by atoms with Crippen molar-refractivity contribution in [1.29, 1.82) is 0 Å². The topological polar surface area (TPSA) is 69.7 Å². The average molecular weight is 392 g/mol. The summed E-state index contributed by atoms with van der Waals surface area (Å²) in [5.74, 6) is 1.29. The molecule has 29 heavy (non-hydrogen) atoms. The van der Waals surface area contributed by atoms with Crippen LogP contribution in [0.4, 0.5) is 0 Å². The van der Waals surface area contributed by atoms with Crippen molar-refractivity contribution in [2.45, 2.75) is 26.4 Å². The molecule has 0 saturated carbocycles. The molecule has 3 aromatic rings. The summed E-state index contributed by atoms with van der Waals surface area (Å²) in [5, 5.41) is 3.82. The molecule has 0 spiro atoms. The third-order valence-corrected chi connectivity index (χ3v) is 4.69. The number of benzene rings is 2. The molecule has 0 aliphatic carbocycles. The first-order valence-electron chi connectivity index (χ1n) is 9.81. The molecule has 1 aromatic heterocycles. The minimum Gasteiger partial charge on any atom is -0.454 e. The monoisotopic (exact) mass is 392 g/mol. The van der Waals surface area contributed by atoms with E-state index in [1.54, 1.807) is 0 Å². The van der Waals surface area contributed by atoms with Crippen molar-refractivity contribution in [3.05, 3.63) is 54.1 Å². The summed E-state index contributed by atoms with van der Waals surface area (Å²) in [7, 11) is 0. The number of rotatable bonds is 7. The summed E-state index contributed by atoms with van der Waals surface area (Å²) in [6, 6.07) is 15.2. The van der Waals surface area contributed by atoms with Crippen LogP contribution in [0.5, 0.6) is 11.5 Å². The van der Waals surface area contributed by atoms with Gasteiger partial charge < -0.3 is 19.5 Å². The number of hydrogen-bond acceptors (Lipinski definition) is 5. The Morgan fingerprint density at radius 1 is 1.14 bits per heavy atom. The van der Waals surface area contributed by atoms with E-state index in [1.807, 2.05) is 62.4 Å². The van der Waals surface area contributed by atoms with E-state index in [9.17, 15) is 4.79 Å². The van der Waals surface area contributed by atoms with Gasteiger partial charge in [-0.05, 0) is 50.6 Å². The summed E-state index contributed by atoms with van der Waals surface area (Å²) in [6.07, 6.45) is 0.959. The highest BCUT2D eigenvalue weighted by atomic mass is 16.7. The summed E-state index contributed by atoms with van der Waals surface area (Å²) >= 11 is 0. The van der Waals surface area contributed by atoms with Gasteiger partial charge in [0.1, 0.15) is 0 Å². The molecule has 150 valence electrons. The molecule has 0 unspecified atom stereocenters. The van der Waals surface area contributed by atoms with Gasteiger partial charge in [-0.3, -0.25) is 4.79 Å². The third-order valence-electron chi connectivity index (χ3n) is 4.69. The number of aromatic nitrogens is 1. The van der Waals surface area contributed by atoms with Gasteiger partial charge in [-0.2, -0.15) is 0 Å². The quantitative estimate of drug-likeness (QED) is 0.611. The number of ether oxygens (including phenoxy) is 3. The fraction of sp³-hybridized carbons (Fsp3) is 0.304. The van der Waals surface area contributed by atoms with Crippen molar-refractivity contribution in [3.8, 4) is 22.8 Å². The smallest absolute Gasteiger partial charge is 0.252 e. The average Bonchev–Trinajstić information content (AvgIpc) is 3.20. The Bertz CT molecular complexity index is 1030. The van der Waals surface area contributed by atoms with E-state index in [0.717, 1.165) is 34.3 Å². The predicted molar refractivity (Wildman–Crippen MR) is 111 cm³/mol. The van der Waals surface area contributed by atoms with E-state index < -0.39 is 0 Å². The summed E-state index contributed by atoms with van der Waals surface area (Å²) in [6.45, 7) is 5.40. The standard InChI is InChI=1S/C23H24N2O4/c1-15(2)27-11-5-10-24-23(26)18-13-20(25-19-7-4-3-6-17(18)19)16-8-9-21-22(12-16)29-14-28-21/h3-4,6-9,12-13,15H,5,10-11,14H2,1-2H3,(H,24,26). The van der Waals surface area contributed by atoms with Crippen LogP contribution in [0.3, 0.4) is 0 Å².